The molecule has 0 aliphatic carbocycles. The molecule has 0 heterocycles. The summed E-state index contributed by atoms with van der Waals surface area (Å²) >= 11 is 12.9. The lowest BCUT2D eigenvalue weighted by atomic mass is 10.4. The maximum atomic E-state index is 12.3. The highest BCUT2D eigenvalue weighted by Gasteiger charge is 2.18. The van der Waals surface area contributed by atoms with Crippen molar-refractivity contribution in [1.29, 1.82) is 0 Å². The molecule has 1 amide bonds. The molecule has 0 fully saturated rings. The van der Waals surface area contributed by atoms with Gasteiger partial charge in [0.25, 0.3) is 6.43 Å². The number of carbonyl (C=O) groups excluding carboxylic acids is 1. The Labute approximate surface area is 129 Å². The fourth-order valence-electron chi connectivity index (χ4n) is 1.42. The van der Waals surface area contributed by atoms with E-state index < -0.39 is 18.9 Å². The molecule has 0 radical (unpaired) electrons. The van der Waals surface area contributed by atoms with Crippen LogP contribution in [0.5, 0.6) is 0 Å². The number of benzene rings is 1. The number of hydrogen-bond acceptors (Lipinski definition) is 3. The fourth-order valence-corrected chi connectivity index (χ4v) is 2.82. The van der Waals surface area contributed by atoms with Crippen molar-refractivity contribution >= 4 is 40.9 Å². The first-order chi connectivity index (χ1) is 9.43. The summed E-state index contributed by atoms with van der Waals surface area (Å²) in [5.74, 6) is -0.535. The summed E-state index contributed by atoms with van der Waals surface area (Å²) in [7, 11) is 0. The van der Waals surface area contributed by atoms with Crippen LogP contribution >= 0.6 is 35.0 Å². The monoisotopic (exact) mass is 343 g/mol. The van der Waals surface area contributed by atoms with Gasteiger partial charge in [-0.1, -0.05) is 23.2 Å². The summed E-state index contributed by atoms with van der Waals surface area (Å²) in [5.41, 5.74) is 0. The Morgan fingerprint density at radius 1 is 1.40 bits per heavy atom. The molecular formula is C12H13Cl2F2NO2S. The first-order valence-corrected chi connectivity index (χ1v) is 7.42. The number of hydrogen-bond donors (Lipinski definition) is 1. The number of amides is 1. The number of nitrogens with zero attached hydrogens (tertiary/aromatic N) is 1. The summed E-state index contributed by atoms with van der Waals surface area (Å²) in [4.78, 5) is 13.4. The molecule has 0 bridgehead atoms. The predicted molar refractivity (Wildman–Crippen MR) is 76.9 cm³/mol. The standard InChI is InChI=1S/C12H13Cl2F2NO2S/c13-8-1-2-9(14)10(5-8)20-7-12(19)17(3-4-18)6-11(15)16/h1-2,5,11,18H,3-4,6-7H2. The van der Waals surface area contributed by atoms with Crippen LogP contribution in [0.2, 0.25) is 10.0 Å². The second-order valence-corrected chi connectivity index (χ2v) is 5.68. The number of rotatable bonds is 7. The molecule has 8 heteroatoms. The van der Waals surface area contributed by atoms with Gasteiger partial charge < -0.3 is 10.0 Å². The lowest BCUT2D eigenvalue weighted by Gasteiger charge is -2.21. The van der Waals surface area contributed by atoms with Gasteiger partial charge in [-0.15, -0.1) is 11.8 Å². The van der Waals surface area contributed by atoms with Crippen LogP contribution in [0.4, 0.5) is 8.78 Å². The predicted octanol–water partition coefficient (Wildman–Crippen LogP) is 3.17. The number of thioether (sulfide) groups is 1. The molecule has 0 spiro atoms. The molecule has 1 aromatic carbocycles. The molecule has 0 saturated heterocycles. The summed E-state index contributed by atoms with van der Waals surface area (Å²) in [6.07, 6.45) is -2.63. The van der Waals surface area contributed by atoms with Crippen molar-refractivity contribution in [2.24, 2.45) is 0 Å². The maximum absolute atomic E-state index is 12.3. The molecule has 1 rings (SSSR count). The van der Waals surface area contributed by atoms with Gasteiger partial charge in [0, 0.05) is 16.5 Å². The number of halogens is 4. The highest BCUT2D eigenvalue weighted by molar-refractivity contribution is 8.00. The summed E-state index contributed by atoms with van der Waals surface area (Å²) in [6.45, 7) is -1.17. The van der Waals surface area contributed by atoms with Gasteiger partial charge >= 0.3 is 0 Å². The van der Waals surface area contributed by atoms with Crippen molar-refractivity contribution in [3.05, 3.63) is 28.2 Å². The van der Waals surface area contributed by atoms with Crippen molar-refractivity contribution in [1.82, 2.24) is 4.90 Å². The second-order valence-electron chi connectivity index (χ2n) is 3.82. The number of aliphatic hydroxyl groups excluding tert-OH is 1. The Hall–Kier alpha value is -0.560. The van der Waals surface area contributed by atoms with Crippen molar-refractivity contribution in [3.63, 3.8) is 0 Å². The molecule has 0 aliphatic rings. The zero-order valence-electron chi connectivity index (χ0n) is 10.4. The molecule has 0 aromatic heterocycles. The third kappa shape index (κ3) is 5.83. The van der Waals surface area contributed by atoms with Gasteiger partial charge in [-0.25, -0.2) is 8.78 Å². The quantitative estimate of drug-likeness (QED) is 0.773. The average Bonchev–Trinajstić information content (AvgIpc) is 2.38. The average molecular weight is 344 g/mol. The normalized spacial score (nSPS) is 10.9. The third-order valence-electron chi connectivity index (χ3n) is 2.33. The Morgan fingerprint density at radius 3 is 2.70 bits per heavy atom. The van der Waals surface area contributed by atoms with Gasteiger partial charge in [-0.05, 0) is 18.2 Å². The topological polar surface area (TPSA) is 40.5 Å². The van der Waals surface area contributed by atoms with Crippen LogP contribution in [0.3, 0.4) is 0 Å². The van der Waals surface area contributed by atoms with Gasteiger partial charge in [0.15, 0.2) is 0 Å². The molecule has 0 unspecified atom stereocenters. The SMILES string of the molecule is O=C(CSc1cc(Cl)ccc1Cl)N(CCO)CC(F)F. The lowest BCUT2D eigenvalue weighted by molar-refractivity contribution is -0.130. The largest absolute Gasteiger partial charge is 0.395 e. The van der Waals surface area contributed by atoms with E-state index in [1.54, 1.807) is 18.2 Å². The van der Waals surface area contributed by atoms with Crippen LogP contribution < -0.4 is 0 Å². The molecule has 0 atom stereocenters. The molecule has 112 valence electrons. The van der Waals surface area contributed by atoms with E-state index in [1.165, 1.54) is 0 Å². The van der Waals surface area contributed by atoms with Crippen molar-refractivity contribution in [2.45, 2.75) is 11.3 Å². The van der Waals surface area contributed by atoms with E-state index in [0.717, 1.165) is 16.7 Å². The van der Waals surface area contributed by atoms with Gasteiger partial charge in [0.2, 0.25) is 5.91 Å². The fraction of sp³-hybridized carbons (Fsp3) is 0.417. The van der Waals surface area contributed by atoms with Crippen LogP contribution in [0, 0.1) is 0 Å². The highest BCUT2D eigenvalue weighted by Crippen LogP contribution is 2.29. The van der Waals surface area contributed by atoms with E-state index in [-0.39, 0.29) is 18.9 Å². The van der Waals surface area contributed by atoms with E-state index in [9.17, 15) is 13.6 Å². The van der Waals surface area contributed by atoms with E-state index >= 15 is 0 Å². The Balaban J connectivity index is 2.62. The van der Waals surface area contributed by atoms with Crippen molar-refractivity contribution < 1.29 is 18.7 Å². The minimum atomic E-state index is -2.63. The Morgan fingerprint density at radius 2 is 2.10 bits per heavy atom. The summed E-state index contributed by atoms with van der Waals surface area (Å²) in [6, 6.07) is 4.82. The second kappa shape index (κ2) is 8.67. The van der Waals surface area contributed by atoms with Crippen LogP contribution in [0.15, 0.2) is 23.1 Å². The van der Waals surface area contributed by atoms with Crippen LogP contribution in [0.25, 0.3) is 0 Å². The first kappa shape index (κ1) is 17.5. The Bertz CT molecular complexity index is 463. The van der Waals surface area contributed by atoms with Crippen molar-refractivity contribution in [3.8, 4) is 0 Å². The van der Waals surface area contributed by atoms with E-state index in [2.05, 4.69) is 0 Å². The summed E-state index contributed by atoms with van der Waals surface area (Å²) < 4.78 is 24.7. The van der Waals surface area contributed by atoms with E-state index in [4.69, 9.17) is 28.3 Å². The minimum absolute atomic E-state index is 0.0488. The minimum Gasteiger partial charge on any atom is -0.395 e. The van der Waals surface area contributed by atoms with Crippen molar-refractivity contribution in [2.75, 3.05) is 25.4 Å². The molecule has 1 aromatic rings. The molecule has 20 heavy (non-hydrogen) atoms. The van der Waals surface area contributed by atoms with Gasteiger partial charge in [-0.2, -0.15) is 0 Å². The van der Waals surface area contributed by atoms with E-state index in [0.29, 0.717) is 14.9 Å². The third-order valence-corrected chi connectivity index (χ3v) is 4.04. The van der Waals surface area contributed by atoms with Crippen LogP contribution in [-0.4, -0.2) is 47.8 Å². The Kier molecular flexibility index (Phi) is 7.58. The lowest BCUT2D eigenvalue weighted by Crippen LogP contribution is -2.38. The summed E-state index contributed by atoms with van der Waals surface area (Å²) in [5, 5.41) is 9.70. The van der Waals surface area contributed by atoms with Gasteiger partial charge in [0.05, 0.1) is 23.9 Å². The molecule has 3 nitrogen and oxygen atoms in total. The molecular weight excluding hydrogens is 331 g/mol. The molecule has 0 aliphatic heterocycles. The zero-order chi connectivity index (χ0) is 15.1. The van der Waals surface area contributed by atoms with E-state index in [1.807, 2.05) is 0 Å². The maximum Gasteiger partial charge on any atom is 0.255 e. The molecule has 0 saturated carbocycles. The van der Waals surface area contributed by atoms with Crippen LogP contribution in [-0.2, 0) is 4.79 Å². The number of carbonyl (C=O) groups is 1. The van der Waals surface area contributed by atoms with Crippen LogP contribution in [0.1, 0.15) is 0 Å². The zero-order valence-corrected chi connectivity index (χ0v) is 12.7. The number of alkyl halides is 2. The van der Waals surface area contributed by atoms with Gasteiger partial charge in [0.1, 0.15) is 0 Å². The molecule has 1 N–H and O–H groups in total. The van der Waals surface area contributed by atoms with Gasteiger partial charge in [-0.3, -0.25) is 4.79 Å². The number of aliphatic hydroxyl groups is 1. The highest BCUT2D eigenvalue weighted by atomic mass is 35.5. The smallest absolute Gasteiger partial charge is 0.255 e. The first-order valence-electron chi connectivity index (χ1n) is 5.68.